The van der Waals surface area contributed by atoms with E-state index in [1.54, 1.807) is 24.3 Å². The third kappa shape index (κ3) is 4.72. The second-order valence-electron chi connectivity index (χ2n) is 4.20. The molecular formula is C15H11Cl2FN2O2. The summed E-state index contributed by atoms with van der Waals surface area (Å²) in [5, 5.41) is 6.87. The van der Waals surface area contributed by atoms with Gasteiger partial charge in [0.2, 0.25) is 0 Å². The molecule has 0 saturated heterocycles. The minimum atomic E-state index is -0.463. The first-order valence-electron chi connectivity index (χ1n) is 6.21. The van der Waals surface area contributed by atoms with Crippen molar-refractivity contribution < 1.29 is 14.0 Å². The highest BCUT2D eigenvalue weighted by Gasteiger charge is 2.07. The zero-order valence-corrected chi connectivity index (χ0v) is 12.7. The molecule has 4 nitrogen and oxygen atoms in total. The molecule has 0 aliphatic carbocycles. The van der Waals surface area contributed by atoms with Crippen molar-refractivity contribution in [2.24, 2.45) is 5.16 Å². The number of hydrogen-bond donors (Lipinski definition) is 1. The van der Waals surface area contributed by atoms with Crippen molar-refractivity contribution in [2.75, 3.05) is 11.9 Å². The fraction of sp³-hybridized carbons (Fsp3) is 0.0667. The number of amides is 1. The fourth-order valence-electron chi connectivity index (χ4n) is 1.55. The molecule has 2 rings (SSSR count). The number of nitrogens with one attached hydrogen (secondary N) is 1. The van der Waals surface area contributed by atoms with Gasteiger partial charge in [-0.05, 0) is 24.3 Å². The summed E-state index contributed by atoms with van der Waals surface area (Å²) < 4.78 is 13.3. The van der Waals surface area contributed by atoms with Crippen molar-refractivity contribution in [1.82, 2.24) is 0 Å². The van der Waals surface area contributed by atoms with Crippen LogP contribution in [-0.2, 0) is 9.63 Å². The zero-order chi connectivity index (χ0) is 15.9. The van der Waals surface area contributed by atoms with E-state index < -0.39 is 11.7 Å². The van der Waals surface area contributed by atoms with E-state index in [-0.39, 0.29) is 12.2 Å². The first kappa shape index (κ1) is 16.3. The first-order chi connectivity index (χ1) is 10.6. The Bertz CT molecular complexity index is 708. The van der Waals surface area contributed by atoms with Crippen LogP contribution in [-0.4, -0.2) is 18.7 Å². The van der Waals surface area contributed by atoms with Crippen LogP contribution in [0.2, 0.25) is 10.0 Å². The summed E-state index contributed by atoms with van der Waals surface area (Å²) in [6.07, 6.45) is 1.19. The molecule has 0 heterocycles. The Hall–Kier alpha value is -2.11. The lowest BCUT2D eigenvalue weighted by atomic mass is 10.2. The lowest BCUT2D eigenvalue weighted by Gasteiger charge is -2.06. The molecule has 114 valence electrons. The normalized spacial score (nSPS) is 10.7. The zero-order valence-electron chi connectivity index (χ0n) is 11.2. The van der Waals surface area contributed by atoms with Gasteiger partial charge < -0.3 is 10.2 Å². The third-order valence-corrected chi connectivity index (χ3v) is 3.13. The van der Waals surface area contributed by atoms with Gasteiger partial charge in [-0.2, -0.15) is 0 Å². The summed E-state index contributed by atoms with van der Waals surface area (Å²) >= 11 is 11.7. The number of anilines is 1. The van der Waals surface area contributed by atoms with Crippen molar-refractivity contribution in [3.63, 3.8) is 0 Å². The van der Waals surface area contributed by atoms with Crippen molar-refractivity contribution >= 4 is 41.0 Å². The Morgan fingerprint density at radius 2 is 2.05 bits per heavy atom. The van der Waals surface area contributed by atoms with Crippen LogP contribution < -0.4 is 5.32 Å². The standard InChI is InChI=1S/C15H11Cl2FN2O2/c16-11-5-6-12(17)14(7-11)20-15(21)9-22-19-8-10-3-1-2-4-13(10)18/h1-8H,9H2,(H,20,21)/b19-8-. The van der Waals surface area contributed by atoms with Gasteiger partial charge in [0, 0.05) is 10.6 Å². The SMILES string of the molecule is O=C(CO/N=C\c1ccccc1F)Nc1cc(Cl)ccc1Cl. The molecule has 0 unspecified atom stereocenters. The summed E-state index contributed by atoms with van der Waals surface area (Å²) in [6, 6.07) is 10.8. The van der Waals surface area contributed by atoms with E-state index in [0.29, 0.717) is 15.7 Å². The molecule has 22 heavy (non-hydrogen) atoms. The van der Waals surface area contributed by atoms with Crippen LogP contribution in [0.5, 0.6) is 0 Å². The van der Waals surface area contributed by atoms with E-state index >= 15 is 0 Å². The number of halogens is 3. The van der Waals surface area contributed by atoms with Crippen molar-refractivity contribution in [3.05, 3.63) is 63.9 Å². The number of carbonyl (C=O) groups excluding carboxylic acids is 1. The van der Waals surface area contributed by atoms with Crippen LogP contribution in [0.15, 0.2) is 47.6 Å². The van der Waals surface area contributed by atoms with Crippen molar-refractivity contribution in [1.29, 1.82) is 0 Å². The first-order valence-corrected chi connectivity index (χ1v) is 6.96. The molecule has 0 bridgehead atoms. The van der Waals surface area contributed by atoms with E-state index in [1.807, 2.05) is 0 Å². The topological polar surface area (TPSA) is 50.7 Å². The molecule has 1 N–H and O–H groups in total. The highest BCUT2D eigenvalue weighted by Crippen LogP contribution is 2.25. The maximum atomic E-state index is 13.3. The highest BCUT2D eigenvalue weighted by molar-refractivity contribution is 6.35. The minimum Gasteiger partial charge on any atom is -0.386 e. The number of benzene rings is 2. The van der Waals surface area contributed by atoms with Gasteiger partial charge in [0.25, 0.3) is 5.91 Å². The summed E-state index contributed by atoms with van der Waals surface area (Å²) in [7, 11) is 0. The molecule has 2 aromatic rings. The molecule has 0 aromatic heterocycles. The molecule has 2 aromatic carbocycles. The van der Waals surface area contributed by atoms with E-state index in [0.717, 1.165) is 0 Å². The van der Waals surface area contributed by atoms with E-state index in [2.05, 4.69) is 10.5 Å². The highest BCUT2D eigenvalue weighted by atomic mass is 35.5. The van der Waals surface area contributed by atoms with Gasteiger partial charge in [-0.3, -0.25) is 4.79 Å². The Morgan fingerprint density at radius 3 is 2.82 bits per heavy atom. The summed E-state index contributed by atoms with van der Waals surface area (Å²) in [6.45, 7) is -0.339. The predicted molar refractivity (Wildman–Crippen MR) is 85.0 cm³/mol. The van der Waals surface area contributed by atoms with E-state index in [1.165, 1.54) is 24.4 Å². The summed E-state index contributed by atoms with van der Waals surface area (Å²) in [5.41, 5.74) is 0.640. The number of hydrogen-bond acceptors (Lipinski definition) is 3. The molecular weight excluding hydrogens is 330 g/mol. The van der Waals surface area contributed by atoms with Gasteiger partial charge in [-0.25, -0.2) is 4.39 Å². The maximum absolute atomic E-state index is 13.3. The molecule has 0 spiro atoms. The number of rotatable bonds is 5. The molecule has 1 amide bonds. The Morgan fingerprint density at radius 1 is 1.27 bits per heavy atom. The quantitative estimate of drug-likeness (QED) is 0.657. The maximum Gasteiger partial charge on any atom is 0.265 e. The molecule has 0 atom stereocenters. The molecule has 0 aliphatic heterocycles. The molecule has 7 heteroatoms. The van der Waals surface area contributed by atoms with Gasteiger partial charge in [0.15, 0.2) is 6.61 Å². The van der Waals surface area contributed by atoms with Gasteiger partial charge in [-0.15, -0.1) is 0 Å². The predicted octanol–water partition coefficient (Wildman–Crippen LogP) is 4.12. The summed E-state index contributed by atoms with van der Waals surface area (Å²) in [5.74, 6) is -0.889. The summed E-state index contributed by atoms with van der Waals surface area (Å²) in [4.78, 5) is 16.5. The van der Waals surface area contributed by atoms with Crippen LogP contribution in [0.3, 0.4) is 0 Å². The third-order valence-electron chi connectivity index (χ3n) is 2.57. The monoisotopic (exact) mass is 340 g/mol. The molecule has 0 aliphatic rings. The smallest absolute Gasteiger partial charge is 0.265 e. The molecule has 0 saturated carbocycles. The number of oxime groups is 1. The van der Waals surface area contributed by atoms with E-state index in [4.69, 9.17) is 28.0 Å². The van der Waals surface area contributed by atoms with Crippen molar-refractivity contribution in [2.45, 2.75) is 0 Å². The Kier molecular flexibility index (Phi) is 5.75. The molecule has 0 radical (unpaired) electrons. The van der Waals surface area contributed by atoms with Crippen LogP contribution in [0.4, 0.5) is 10.1 Å². The largest absolute Gasteiger partial charge is 0.386 e. The van der Waals surface area contributed by atoms with Gasteiger partial charge in [0.05, 0.1) is 16.9 Å². The minimum absolute atomic E-state index is 0.265. The Balaban J connectivity index is 1.86. The second-order valence-corrected chi connectivity index (χ2v) is 5.05. The van der Waals surface area contributed by atoms with Gasteiger partial charge in [0.1, 0.15) is 5.82 Å². The number of carbonyl (C=O) groups is 1. The molecule has 0 fully saturated rings. The van der Waals surface area contributed by atoms with Crippen LogP contribution in [0, 0.1) is 5.82 Å². The second kappa shape index (κ2) is 7.77. The lowest BCUT2D eigenvalue weighted by Crippen LogP contribution is -2.17. The van der Waals surface area contributed by atoms with Crippen LogP contribution in [0.1, 0.15) is 5.56 Å². The van der Waals surface area contributed by atoms with Crippen molar-refractivity contribution in [3.8, 4) is 0 Å². The Labute approximate surface area is 136 Å². The lowest BCUT2D eigenvalue weighted by molar-refractivity contribution is -0.120. The van der Waals surface area contributed by atoms with E-state index in [9.17, 15) is 9.18 Å². The van der Waals surface area contributed by atoms with Crippen LogP contribution >= 0.6 is 23.2 Å². The number of nitrogens with zero attached hydrogens (tertiary/aromatic N) is 1. The van der Waals surface area contributed by atoms with Crippen LogP contribution in [0.25, 0.3) is 0 Å². The average Bonchev–Trinajstić information content (AvgIpc) is 2.49. The van der Waals surface area contributed by atoms with Gasteiger partial charge in [-0.1, -0.05) is 46.6 Å². The fourth-order valence-corrected chi connectivity index (χ4v) is 1.89. The van der Waals surface area contributed by atoms with Gasteiger partial charge >= 0.3 is 0 Å². The average molecular weight is 341 g/mol.